The molecule has 1 aromatic heterocycles. The molecule has 2 aromatic carbocycles. The van der Waals surface area contributed by atoms with Gasteiger partial charge in [-0.1, -0.05) is 36.4 Å². The van der Waals surface area contributed by atoms with Gasteiger partial charge in [-0.05, 0) is 52.9 Å². The molecule has 0 N–H and O–H groups in total. The van der Waals surface area contributed by atoms with Crippen molar-refractivity contribution in [2.75, 3.05) is 33.8 Å². The van der Waals surface area contributed by atoms with E-state index in [-0.39, 0.29) is 11.8 Å². The molecule has 1 aliphatic heterocycles. The van der Waals surface area contributed by atoms with Gasteiger partial charge >= 0.3 is 0 Å². The Morgan fingerprint density at radius 3 is 2.65 bits per heavy atom. The Morgan fingerprint density at radius 2 is 1.84 bits per heavy atom. The molecular formula is C26H29N3O2. The molecule has 1 amide bonds. The quantitative estimate of drug-likeness (QED) is 0.613. The van der Waals surface area contributed by atoms with Gasteiger partial charge in [-0.15, -0.1) is 0 Å². The lowest BCUT2D eigenvalue weighted by Crippen LogP contribution is -2.34. The molecule has 5 nitrogen and oxygen atoms in total. The first-order chi connectivity index (χ1) is 15.1. The number of likely N-dealkylation sites (N-methyl/N-ethyl adjacent to an activating group) is 1. The fourth-order valence-electron chi connectivity index (χ4n) is 4.30. The predicted octanol–water partition coefficient (Wildman–Crippen LogP) is 3.89. The van der Waals surface area contributed by atoms with Gasteiger partial charge in [-0.2, -0.15) is 0 Å². The number of ether oxygens (including phenoxy) is 1. The third-order valence-electron chi connectivity index (χ3n) is 5.97. The van der Waals surface area contributed by atoms with Crippen LogP contribution in [0.5, 0.6) is 5.75 Å². The molecule has 1 unspecified atom stereocenters. The largest absolute Gasteiger partial charge is 0.497 e. The molecule has 1 saturated heterocycles. The van der Waals surface area contributed by atoms with Crippen LogP contribution in [0.4, 0.5) is 0 Å². The number of hydrogen-bond acceptors (Lipinski definition) is 4. The number of hydrogen-bond donors (Lipinski definition) is 0. The summed E-state index contributed by atoms with van der Waals surface area (Å²) in [6.07, 6.45) is 4.34. The molecule has 2 heterocycles. The van der Waals surface area contributed by atoms with Crippen molar-refractivity contribution < 1.29 is 9.53 Å². The van der Waals surface area contributed by atoms with Crippen LogP contribution in [0.3, 0.4) is 0 Å². The molecule has 0 saturated carbocycles. The number of methoxy groups -OCH3 is 1. The Morgan fingerprint density at radius 1 is 1.03 bits per heavy atom. The van der Waals surface area contributed by atoms with E-state index in [0.29, 0.717) is 0 Å². The predicted molar refractivity (Wildman–Crippen MR) is 123 cm³/mol. The molecule has 1 atom stereocenters. The first kappa shape index (κ1) is 21.1. The first-order valence-corrected chi connectivity index (χ1v) is 10.7. The van der Waals surface area contributed by atoms with Gasteiger partial charge in [0, 0.05) is 45.6 Å². The van der Waals surface area contributed by atoms with Gasteiger partial charge in [0.05, 0.1) is 13.0 Å². The molecule has 1 fully saturated rings. The van der Waals surface area contributed by atoms with E-state index in [1.165, 1.54) is 16.7 Å². The van der Waals surface area contributed by atoms with E-state index < -0.39 is 0 Å². The minimum absolute atomic E-state index is 0.0823. The van der Waals surface area contributed by atoms with E-state index in [4.69, 9.17) is 4.74 Å². The highest BCUT2D eigenvalue weighted by molar-refractivity contribution is 5.80. The van der Waals surface area contributed by atoms with Crippen molar-refractivity contribution >= 4 is 5.91 Å². The highest BCUT2D eigenvalue weighted by Crippen LogP contribution is 2.27. The van der Waals surface area contributed by atoms with Crippen molar-refractivity contribution in [2.45, 2.75) is 13.0 Å². The molecule has 0 bridgehead atoms. The highest BCUT2D eigenvalue weighted by atomic mass is 16.5. The minimum Gasteiger partial charge on any atom is -0.497 e. The third-order valence-corrected chi connectivity index (χ3v) is 5.97. The van der Waals surface area contributed by atoms with Crippen LogP contribution in [0.15, 0.2) is 73.1 Å². The summed E-state index contributed by atoms with van der Waals surface area (Å²) in [5.41, 5.74) is 4.70. The van der Waals surface area contributed by atoms with Crippen LogP contribution < -0.4 is 4.74 Å². The van der Waals surface area contributed by atoms with Crippen molar-refractivity contribution in [1.29, 1.82) is 0 Å². The van der Waals surface area contributed by atoms with Gasteiger partial charge in [0.15, 0.2) is 0 Å². The fourth-order valence-corrected chi connectivity index (χ4v) is 4.30. The number of rotatable bonds is 6. The lowest BCUT2D eigenvalue weighted by Gasteiger charge is -2.24. The van der Waals surface area contributed by atoms with Crippen LogP contribution in [-0.4, -0.2) is 54.5 Å². The standard InChI is InChI=1S/C26H29N3O2/c1-28-14-15-29(18-20-6-5-8-24(16-20)31-2)19-23(26(28)30)17-22-7-3-4-9-25(22)21-10-12-27-13-11-21/h3-13,16,23H,14-15,17-19H2,1-2H3. The summed E-state index contributed by atoms with van der Waals surface area (Å²) in [7, 11) is 3.61. The Bertz CT molecular complexity index is 1020. The molecule has 4 rings (SSSR count). The topological polar surface area (TPSA) is 45.7 Å². The molecule has 5 heteroatoms. The summed E-state index contributed by atoms with van der Waals surface area (Å²) < 4.78 is 5.37. The van der Waals surface area contributed by atoms with E-state index in [9.17, 15) is 4.79 Å². The number of amides is 1. The Hall–Kier alpha value is -3.18. The number of benzene rings is 2. The summed E-state index contributed by atoms with van der Waals surface area (Å²) in [5.74, 6) is 1.00. The number of carbonyl (C=O) groups is 1. The molecule has 3 aromatic rings. The van der Waals surface area contributed by atoms with Gasteiger partial charge in [0.2, 0.25) is 5.91 Å². The van der Waals surface area contributed by atoms with E-state index in [1.807, 2.05) is 48.6 Å². The van der Waals surface area contributed by atoms with Crippen LogP contribution in [0.25, 0.3) is 11.1 Å². The second kappa shape index (κ2) is 9.75. The second-order valence-corrected chi connectivity index (χ2v) is 8.14. The zero-order chi connectivity index (χ0) is 21.6. The minimum atomic E-state index is -0.0823. The molecule has 0 aliphatic carbocycles. The lowest BCUT2D eigenvalue weighted by molar-refractivity contribution is -0.133. The summed E-state index contributed by atoms with van der Waals surface area (Å²) in [6, 6.07) is 20.6. The number of aromatic nitrogens is 1. The third kappa shape index (κ3) is 5.12. The molecular weight excluding hydrogens is 386 g/mol. The van der Waals surface area contributed by atoms with Crippen molar-refractivity contribution in [2.24, 2.45) is 5.92 Å². The van der Waals surface area contributed by atoms with Crippen LogP contribution in [0.2, 0.25) is 0 Å². The summed E-state index contributed by atoms with van der Waals surface area (Å²) >= 11 is 0. The molecule has 160 valence electrons. The normalized spacial score (nSPS) is 17.4. The molecule has 0 spiro atoms. The monoisotopic (exact) mass is 415 g/mol. The van der Waals surface area contributed by atoms with Crippen LogP contribution in [-0.2, 0) is 17.8 Å². The zero-order valence-electron chi connectivity index (χ0n) is 18.2. The van der Waals surface area contributed by atoms with Crippen molar-refractivity contribution in [3.63, 3.8) is 0 Å². The summed E-state index contributed by atoms with van der Waals surface area (Å²) in [4.78, 5) is 21.6. The molecule has 31 heavy (non-hydrogen) atoms. The SMILES string of the molecule is COc1cccc(CN2CCN(C)C(=O)C(Cc3ccccc3-c3ccncc3)C2)c1. The van der Waals surface area contributed by atoms with Gasteiger partial charge in [-0.3, -0.25) is 14.7 Å². The van der Waals surface area contributed by atoms with E-state index in [0.717, 1.165) is 43.9 Å². The van der Waals surface area contributed by atoms with E-state index in [1.54, 1.807) is 7.11 Å². The fraction of sp³-hybridized carbons (Fsp3) is 0.308. The van der Waals surface area contributed by atoms with Crippen LogP contribution in [0, 0.1) is 5.92 Å². The van der Waals surface area contributed by atoms with E-state index >= 15 is 0 Å². The molecule has 0 radical (unpaired) electrons. The summed E-state index contributed by atoms with van der Waals surface area (Å²) in [6.45, 7) is 3.15. The van der Waals surface area contributed by atoms with Crippen LogP contribution in [0.1, 0.15) is 11.1 Å². The van der Waals surface area contributed by atoms with E-state index in [2.05, 4.69) is 46.3 Å². The smallest absolute Gasteiger partial charge is 0.227 e. The lowest BCUT2D eigenvalue weighted by atomic mass is 9.91. The number of pyridine rings is 1. The maximum absolute atomic E-state index is 13.2. The highest BCUT2D eigenvalue weighted by Gasteiger charge is 2.29. The average molecular weight is 416 g/mol. The number of carbonyl (C=O) groups excluding carboxylic acids is 1. The van der Waals surface area contributed by atoms with Gasteiger partial charge in [0.1, 0.15) is 5.75 Å². The Kier molecular flexibility index (Phi) is 6.63. The first-order valence-electron chi connectivity index (χ1n) is 10.7. The molecule has 1 aliphatic rings. The van der Waals surface area contributed by atoms with Crippen LogP contribution >= 0.6 is 0 Å². The Balaban J connectivity index is 1.56. The summed E-state index contributed by atoms with van der Waals surface area (Å²) in [5, 5.41) is 0. The van der Waals surface area contributed by atoms with Crippen molar-refractivity contribution in [3.8, 4) is 16.9 Å². The van der Waals surface area contributed by atoms with Crippen molar-refractivity contribution in [1.82, 2.24) is 14.8 Å². The average Bonchev–Trinajstić information content (AvgIpc) is 2.94. The number of nitrogens with zero attached hydrogens (tertiary/aromatic N) is 3. The maximum atomic E-state index is 13.2. The van der Waals surface area contributed by atoms with Gasteiger partial charge in [-0.25, -0.2) is 0 Å². The van der Waals surface area contributed by atoms with Crippen molar-refractivity contribution in [3.05, 3.63) is 84.2 Å². The van der Waals surface area contributed by atoms with Gasteiger partial charge in [0.25, 0.3) is 0 Å². The zero-order valence-corrected chi connectivity index (χ0v) is 18.2. The van der Waals surface area contributed by atoms with Gasteiger partial charge < -0.3 is 9.64 Å². The maximum Gasteiger partial charge on any atom is 0.227 e. The second-order valence-electron chi connectivity index (χ2n) is 8.14. The Labute approximate surface area is 184 Å².